The molecule has 0 spiro atoms. The number of rotatable bonds is 2. The molecule has 0 bridgehead atoms. The summed E-state index contributed by atoms with van der Waals surface area (Å²) in [4.78, 5) is 0. The van der Waals surface area contributed by atoms with E-state index in [2.05, 4.69) is 38.1 Å². The van der Waals surface area contributed by atoms with Crippen molar-refractivity contribution in [2.24, 2.45) is 0 Å². The largest absolute Gasteiger partial charge is 0.0986 e. The zero-order chi connectivity index (χ0) is 15.3. The molecule has 0 saturated carbocycles. The lowest BCUT2D eigenvalue weighted by atomic mass is 10.0. The van der Waals surface area contributed by atoms with Gasteiger partial charge < -0.3 is 0 Å². The SMILES string of the molecule is C=C1[C@@H]2CC[C@@H](CC)P2c2ccccc2P2[C@H](CC)CC[C@@H]12. The molecule has 1 aromatic rings. The highest BCUT2D eigenvalue weighted by Gasteiger charge is 2.48. The molecule has 0 nitrogen and oxygen atoms in total. The topological polar surface area (TPSA) is 0 Å². The molecule has 0 aliphatic carbocycles. The molecule has 2 unspecified atom stereocenters. The van der Waals surface area contributed by atoms with Crippen LogP contribution in [0.5, 0.6) is 0 Å². The van der Waals surface area contributed by atoms with E-state index in [0.717, 1.165) is 22.6 Å². The number of hydrogen-bond acceptors (Lipinski definition) is 0. The lowest BCUT2D eigenvalue weighted by Crippen LogP contribution is -2.26. The van der Waals surface area contributed by atoms with Crippen LogP contribution in [0.1, 0.15) is 52.4 Å². The van der Waals surface area contributed by atoms with Gasteiger partial charge in [-0.2, -0.15) is 0 Å². The fourth-order valence-corrected chi connectivity index (χ4v) is 13.2. The van der Waals surface area contributed by atoms with Crippen molar-refractivity contribution >= 4 is 26.5 Å². The zero-order valence-electron chi connectivity index (χ0n) is 14.0. The second-order valence-electron chi connectivity index (χ2n) is 7.19. The van der Waals surface area contributed by atoms with Gasteiger partial charge >= 0.3 is 0 Å². The van der Waals surface area contributed by atoms with E-state index in [0.29, 0.717) is 0 Å². The van der Waals surface area contributed by atoms with Gasteiger partial charge in [-0.3, -0.25) is 0 Å². The Kier molecular flexibility index (Phi) is 4.21. The summed E-state index contributed by atoms with van der Waals surface area (Å²) in [5.74, 6) is 0. The van der Waals surface area contributed by atoms with Crippen LogP contribution in [0.15, 0.2) is 36.4 Å². The van der Waals surface area contributed by atoms with E-state index in [1.54, 1.807) is 16.2 Å². The molecule has 4 rings (SSSR count). The monoisotopic (exact) mass is 330 g/mol. The third-order valence-corrected chi connectivity index (χ3v) is 13.7. The highest BCUT2D eigenvalue weighted by atomic mass is 31.1. The standard InChI is InChI=1S/C20H28P2/c1-4-15-10-12-17-14(3)18-13-11-16(5-2)22(18)20-9-7-6-8-19(20)21(15)17/h6-9,15-18H,3-5,10-13H2,1-2H3/t15-,16-,17+,18+,21?,22?/m1/s1. The Labute approximate surface area is 138 Å². The zero-order valence-corrected chi connectivity index (χ0v) is 15.8. The predicted octanol–water partition coefficient (Wildman–Crippen LogP) is 5.35. The van der Waals surface area contributed by atoms with Crippen LogP contribution >= 0.6 is 15.8 Å². The molecule has 2 fully saturated rings. The molecule has 3 heterocycles. The molecular formula is C20H28P2. The maximum absolute atomic E-state index is 4.71. The molecule has 3 aliphatic heterocycles. The van der Waals surface area contributed by atoms with Gasteiger partial charge in [-0.05, 0) is 60.5 Å². The van der Waals surface area contributed by atoms with E-state index in [1.165, 1.54) is 38.5 Å². The molecule has 0 radical (unpaired) electrons. The Morgan fingerprint density at radius 3 is 1.73 bits per heavy atom. The lowest BCUT2D eigenvalue weighted by molar-refractivity contribution is 0.702. The minimum Gasteiger partial charge on any atom is -0.0986 e. The van der Waals surface area contributed by atoms with Crippen LogP contribution in [0, 0.1) is 0 Å². The average Bonchev–Trinajstić information content (AvgIpc) is 3.15. The molecule has 118 valence electrons. The Morgan fingerprint density at radius 1 is 0.864 bits per heavy atom. The van der Waals surface area contributed by atoms with Gasteiger partial charge in [-0.15, -0.1) is 0 Å². The van der Waals surface area contributed by atoms with Crippen LogP contribution in [0.2, 0.25) is 0 Å². The smallest absolute Gasteiger partial charge is 0.00474 e. The number of allylic oxidation sites excluding steroid dienone is 1. The fraction of sp³-hybridized carbons (Fsp3) is 0.600. The Balaban J connectivity index is 1.87. The number of fused-ring (bicyclic) bond motifs is 5. The predicted molar refractivity (Wildman–Crippen MR) is 103 cm³/mol. The van der Waals surface area contributed by atoms with Gasteiger partial charge in [0.05, 0.1) is 0 Å². The first kappa shape index (κ1) is 15.4. The highest BCUT2D eigenvalue weighted by Crippen LogP contribution is 2.67. The van der Waals surface area contributed by atoms with Gasteiger partial charge in [-0.25, -0.2) is 0 Å². The van der Waals surface area contributed by atoms with E-state index in [9.17, 15) is 0 Å². The molecule has 0 amide bonds. The molecule has 0 N–H and O–H groups in total. The van der Waals surface area contributed by atoms with Crippen molar-refractivity contribution in [3.63, 3.8) is 0 Å². The van der Waals surface area contributed by atoms with E-state index < -0.39 is 0 Å². The average molecular weight is 330 g/mol. The summed E-state index contributed by atoms with van der Waals surface area (Å²) in [6, 6.07) is 9.62. The second kappa shape index (κ2) is 6.03. The summed E-state index contributed by atoms with van der Waals surface area (Å²) in [6.07, 6.45) is 8.47. The van der Waals surface area contributed by atoms with Crippen molar-refractivity contribution in [2.45, 2.75) is 75.0 Å². The van der Waals surface area contributed by atoms with E-state index in [4.69, 9.17) is 6.58 Å². The summed E-state index contributed by atoms with van der Waals surface area (Å²) in [6.45, 7) is 9.53. The van der Waals surface area contributed by atoms with E-state index >= 15 is 0 Å². The van der Waals surface area contributed by atoms with Crippen molar-refractivity contribution in [2.75, 3.05) is 0 Å². The van der Waals surface area contributed by atoms with Crippen LogP contribution in [0.3, 0.4) is 0 Å². The maximum Gasteiger partial charge on any atom is 0.00474 e. The third kappa shape index (κ3) is 2.17. The van der Waals surface area contributed by atoms with E-state index in [1.807, 2.05) is 0 Å². The normalized spacial score (nSPS) is 40.0. The van der Waals surface area contributed by atoms with Crippen LogP contribution < -0.4 is 10.6 Å². The van der Waals surface area contributed by atoms with Gasteiger partial charge in [0.25, 0.3) is 0 Å². The first-order chi connectivity index (χ1) is 10.8. The summed E-state index contributed by atoms with van der Waals surface area (Å²) < 4.78 is 0. The summed E-state index contributed by atoms with van der Waals surface area (Å²) in [5, 5.41) is 3.59. The Hall–Kier alpha value is -0.180. The summed E-state index contributed by atoms with van der Waals surface area (Å²) >= 11 is 0. The van der Waals surface area contributed by atoms with Crippen molar-refractivity contribution < 1.29 is 0 Å². The third-order valence-electron chi connectivity index (χ3n) is 6.24. The van der Waals surface area contributed by atoms with Crippen LogP contribution in [0.25, 0.3) is 0 Å². The Morgan fingerprint density at radius 2 is 1.32 bits per heavy atom. The quantitative estimate of drug-likeness (QED) is 0.506. The molecule has 22 heavy (non-hydrogen) atoms. The number of benzene rings is 1. The van der Waals surface area contributed by atoms with Gasteiger partial charge in [0.2, 0.25) is 0 Å². The maximum atomic E-state index is 4.71. The molecule has 0 aromatic heterocycles. The first-order valence-corrected chi connectivity index (χ1v) is 12.1. The molecule has 1 aromatic carbocycles. The molecule has 6 atom stereocenters. The van der Waals surface area contributed by atoms with Crippen LogP contribution in [-0.4, -0.2) is 22.6 Å². The van der Waals surface area contributed by atoms with Crippen molar-refractivity contribution in [3.8, 4) is 0 Å². The minimum absolute atomic E-state index is 0.00256. The molecule has 2 heteroatoms. The molecular weight excluding hydrogens is 302 g/mol. The van der Waals surface area contributed by atoms with Crippen molar-refractivity contribution in [1.29, 1.82) is 0 Å². The van der Waals surface area contributed by atoms with Gasteiger partial charge in [0, 0.05) is 11.3 Å². The second-order valence-corrected chi connectivity index (χ2v) is 12.5. The lowest BCUT2D eigenvalue weighted by Gasteiger charge is -2.27. The summed E-state index contributed by atoms with van der Waals surface area (Å²) in [7, 11) is 0.00513. The van der Waals surface area contributed by atoms with Crippen LogP contribution in [-0.2, 0) is 0 Å². The Bertz CT molecular complexity index is 530. The van der Waals surface area contributed by atoms with Crippen molar-refractivity contribution in [1.82, 2.24) is 0 Å². The van der Waals surface area contributed by atoms with Gasteiger partial charge in [-0.1, -0.05) is 66.1 Å². The van der Waals surface area contributed by atoms with Crippen molar-refractivity contribution in [3.05, 3.63) is 36.4 Å². The minimum atomic E-state index is 0.00256. The molecule has 3 aliphatic rings. The van der Waals surface area contributed by atoms with Crippen LogP contribution in [0.4, 0.5) is 0 Å². The fourth-order valence-electron chi connectivity index (χ4n) is 5.15. The molecule has 2 saturated heterocycles. The van der Waals surface area contributed by atoms with E-state index in [-0.39, 0.29) is 15.8 Å². The van der Waals surface area contributed by atoms with Gasteiger partial charge in [0.15, 0.2) is 0 Å². The highest BCUT2D eigenvalue weighted by molar-refractivity contribution is 7.74. The number of hydrogen-bond donors (Lipinski definition) is 0. The van der Waals surface area contributed by atoms with Gasteiger partial charge in [0.1, 0.15) is 0 Å². The summed E-state index contributed by atoms with van der Waals surface area (Å²) in [5.41, 5.74) is 5.27. The first-order valence-electron chi connectivity index (χ1n) is 9.10.